The van der Waals surface area contributed by atoms with E-state index in [1.807, 2.05) is 38.1 Å². The molecule has 0 aromatic carbocycles. The minimum atomic E-state index is -0.0487. The van der Waals surface area contributed by atoms with E-state index in [-0.39, 0.29) is 29.7 Å². The van der Waals surface area contributed by atoms with Gasteiger partial charge >= 0.3 is 0 Å². The quantitative estimate of drug-likeness (QED) is 0.899. The zero-order chi connectivity index (χ0) is 13.4. The third-order valence-electron chi connectivity index (χ3n) is 4.13. The molecule has 2 aromatic rings. The monoisotopic (exact) mass is 260 g/mol. The summed E-state index contributed by atoms with van der Waals surface area (Å²) in [6.07, 6.45) is 3.31. The number of carbonyl (C=O) groups excluding carboxylic acids is 1. The Bertz CT molecular complexity index is 496. The highest BCUT2D eigenvalue weighted by atomic mass is 16.3. The molecule has 1 saturated heterocycles. The minimum absolute atomic E-state index is 0.0220. The molecule has 2 N–H and O–H groups in total. The van der Waals surface area contributed by atoms with Gasteiger partial charge in [-0.15, -0.1) is 0 Å². The summed E-state index contributed by atoms with van der Waals surface area (Å²) in [5.41, 5.74) is 0. The fourth-order valence-electron chi connectivity index (χ4n) is 2.97. The van der Waals surface area contributed by atoms with Gasteiger partial charge in [-0.3, -0.25) is 4.79 Å². The minimum Gasteiger partial charge on any atom is -0.463 e. The first-order chi connectivity index (χ1) is 9.18. The summed E-state index contributed by atoms with van der Waals surface area (Å²) >= 11 is 0. The highest BCUT2D eigenvalue weighted by molar-refractivity contribution is 5.84. The third kappa shape index (κ3) is 2.02. The Kier molecular flexibility index (Phi) is 3.03. The summed E-state index contributed by atoms with van der Waals surface area (Å²) in [4.78, 5) is 12.4. The maximum absolute atomic E-state index is 12.4. The fourth-order valence-corrected chi connectivity index (χ4v) is 2.97. The van der Waals surface area contributed by atoms with Crippen LogP contribution < -0.4 is 5.32 Å². The molecule has 4 atom stereocenters. The Morgan fingerprint density at radius 3 is 1.79 bits per heavy atom. The molecule has 0 unspecified atom stereocenters. The van der Waals surface area contributed by atoms with Crippen LogP contribution in [0.25, 0.3) is 0 Å². The molecule has 4 nitrogen and oxygen atoms in total. The summed E-state index contributed by atoms with van der Waals surface area (Å²) in [7, 11) is 0. The van der Waals surface area contributed by atoms with Crippen molar-refractivity contribution < 1.29 is 18.9 Å². The molecule has 0 radical (unpaired) electrons. The molecule has 19 heavy (non-hydrogen) atoms. The van der Waals surface area contributed by atoms with Crippen molar-refractivity contribution in [2.75, 3.05) is 0 Å². The predicted octanol–water partition coefficient (Wildman–Crippen LogP) is 2.07. The van der Waals surface area contributed by atoms with Gasteiger partial charge in [-0.2, -0.15) is 0 Å². The smallest absolute Gasteiger partial charge is 0.161 e. The largest absolute Gasteiger partial charge is 0.463 e. The maximum atomic E-state index is 12.4. The Balaban J connectivity index is 1.93. The maximum Gasteiger partial charge on any atom is 0.161 e. The number of carbonyl (C=O) groups is 1. The van der Waals surface area contributed by atoms with Crippen molar-refractivity contribution >= 4 is 5.78 Å². The molecule has 1 aliphatic heterocycles. The molecular weight excluding hydrogens is 242 g/mol. The van der Waals surface area contributed by atoms with Crippen LogP contribution in [0, 0.1) is 11.8 Å². The van der Waals surface area contributed by atoms with Crippen molar-refractivity contribution in [3.63, 3.8) is 0 Å². The highest BCUT2D eigenvalue weighted by Gasteiger charge is 2.45. The van der Waals surface area contributed by atoms with Crippen LogP contribution in [0.2, 0.25) is 0 Å². The van der Waals surface area contributed by atoms with Crippen molar-refractivity contribution in [2.45, 2.75) is 25.9 Å². The lowest BCUT2D eigenvalue weighted by atomic mass is 9.79. The van der Waals surface area contributed by atoms with E-state index in [4.69, 9.17) is 8.83 Å². The number of furan rings is 2. The van der Waals surface area contributed by atoms with Crippen molar-refractivity contribution in [3.05, 3.63) is 48.3 Å². The second kappa shape index (κ2) is 4.70. The fraction of sp³-hybridized carbons (Fsp3) is 0.400. The standard InChI is InChI=1S/C15H17NO3/c1-9-13(11-5-3-7-18-11)16-14(10(2)15(9)17)12-6-4-8-19-12/h3-10,13-14,16H,1-2H3/p+1/t9-,10-,13-,14-/m0/s1. The Morgan fingerprint density at radius 2 is 1.42 bits per heavy atom. The van der Waals surface area contributed by atoms with E-state index in [1.165, 1.54) is 0 Å². The van der Waals surface area contributed by atoms with Crippen LogP contribution >= 0.6 is 0 Å². The van der Waals surface area contributed by atoms with E-state index < -0.39 is 0 Å². The van der Waals surface area contributed by atoms with Gasteiger partial charge < -0.3 is 14.2 Å². The number of piperidine rings is 1. The summed E-state index contributed by atoms with van der Waals surface area (Å²) in [5, 5.41) is 2.19. The van der Waals surface area contributed by atoms with Gasteiger partial charge in [0, 0.05) is 0 Å². The normalized spacial score (nSPS) is 31.6. The lowest BCUT2D eigenvalue weighted by Gasteiger charge is -2.33. The highest BCUT2D eigenvalue weighted by Crippen LogP contribution is 2.32. The van der Waals surface area contributed by atoms with Gasteiger partial charge in [0.2, 0.25) is 0 Å². The molecule has 1 aliphatic rings. The van der Waals surface area contributed by atoms with Crippen LogP contribution in [-0.2, 0) is 4.79 Å². The molecule has 0 spiro atoms. The van der Waals surface area contributed by atoms with Gasteiger partial charge in [0.25, 0.3) is 0 Å². The Morgan fingerprint density at radius 1 is 0.947 bits per heavy atom. The van der Waals surface area contributed by atoms with Crippen molar-refractivity contribution in [3.8, 4) is 0 Å². The summed E-state index contributed by atoms with van der Waals surface area (Å²) in [6, 6.07) is 7.63. The topological polar surface area (TPSA) is 60.0 Å². The van der Waals surface area contributed by atoms with Crippen LogP contribution in [0.5, 0.6) is 0 Å². The molecule has 0 amide bonds. The SMILES string of the molecule is C[C@@H]1C(=O)[C@@H](C)[C@@H](c2ccco2)[NH2+][C@@H]1c1ccco1. The average molecular weight is 260 g/mol. The molecule has 2 aromatic heterocycles. The van der Waals surface area contributed by atoms with Gasteiger partial charge in [-0.1, -0.05) is 0 Å². The lowest BCUT2D eigenvalue weighted by Crippen LogP contribution is -2.91. The average Bonchev–Trinajstić information content (AvgIpc) is 3.08. The molecule has 0 bridgehead atoms. The first-order valence-electron chi connectivity index (χ1n) is 6.64. The molecule has 0 aliphatic carbocycles. The zero-order valence-corrected chi connectivity index (χ0v) is 11.1. The van der Waals surface area contributed by atoms with E-state index in [0.29, 0.717) is 0 Å². The predicted molar refractivity (Wildman–Crippen MR) is 68.2 cm³/mol. The Hall–Kier alpha value is -1.81. The van der Waals surface area contributed by atoms with Gasteiger partial charge in [0.15, 0.2) is 29.4 Å². The van der Waals surface area contributed by atoms with Gasteiger partial charge in [-0.05, 0) is 38.1 Å². The van der Waals surface area contributed by atoms with Gasteiger partial charge in [-0.25, -0.2) is 0 Å². The van der Waals surface area contributed by atoms with E-state index in [9.17, 15) is 4.79 Å². The van der Waals surface area contributed by atoms with Crippen LogP contribution in [0.1, 0.15) is 37.5 Å². The van der Waals surface area contributed by atoms with E-state index in [1.54, 1.807) is 12.5 Å². The number of quaternary nitrogens is 1. The molecular formula is C15H18NO3+. The van der Waals surface area contributed by atoms with Gasteiger partial charge in [0.1, 0.15) is 0 Å². The lowest BCUT2D eigenvalue weighted by molar-refractivity contribution is -0.751. The summed E-state index contributed by atoms with van der Waals surface area (Å²) in [5.74, 6) is 1.87. The van der Waals surface area contributed by atoms with Crippen LogP contribution in [0.15, 0.2) is 45.6 Å². The van der Waals surface area contributed by atoms with Crippen LogP contribution in [0.4, 0.5) is 0 Å². The molecule has 3 rings (SSSR count). The molecule has 100 valence electrons. The number of hydrogen-bond donors (Lipinski definition) is 1. The number of ketones is 1. The molecule has 1 fully saturated rings. The second-order valence-electron chi connectivity index (χ2n) is 5.25. The third-order valence-corrected chi connectivity index (χ3v) is 4.13. The van der Waals surface area contributed by atoms with E-state index >= 15 is 0 Å². The first-order valence-corrected chi connectivity index (χ1v) is 6.64. The number of hydrogen-bond acceptors (Lipinski definition) is 3. The number of Topliss-reactive ketones (excluding diaryl/α,β-unsaturated/α-hetero) is 1. The van der Waals surface area contributed by atoms with E-state index in [2.05, 4.69) is 5.32 Å². The summed E-state index contributed by atoms with van der Waals surface area (Å²) < 4.78 is 11.0. The Labute approximate surface area is 111 Å². The van der Waals surface area contributed by atoms with Crippen LogP contribution in [0.3, 0.4) is 0 Å². The first kappa shape index (κ1) is 12.2. The number of rotatable bonds is 2. The second-order valence-corrected chi connectivity index (χ2v) is 5.25. The van der Waals surface area contributed by atoms with Crippen molar-refractivity contribution in [1.29, 1.82) is 0 Å². The number of nitrogens with two attached hydrogens (primary N) is 1. The van der Waals surface area contributed by atoms with E-state index in [0.717, 1.165) is 11.5 Å². The van der Waals surface area contributed by atoms with Crippen molar-refractivity contribution in [1.82, 2.24) is 0 Å². The summed E-state index contributed by atoms with van der Waals surface area (Å²) in [6.45, 7) is 3.95. The zero-order valence-electron chi connectivity index (χ0n) is 11.1. The molecule has 3 heterocycles. The van der Waals surface area contributed by atoms with Crippen molar-refractivity contribution in [2.24, 2.45) is 11.8 Å². The molecule has 4 heteroatoms. The molecule has 0 saturated carbocycles. The van der Waals surface area contributed by atoms with Crippen LogP contribution in [-0.4, -0.2) is 5.78 Å². The van der Waals surface area contributed by atoms with Gasteiger partial charge in [0.05, 0.1) is 24.4 Å².